The molecule has 0 amide bonds. The van der Waals surface area contributed by atoms with Gasteiger partial charge in [-0.1, -0.05) is 13.0 Å². The molecule has 1 aliphatic heterocycles. The zero-order chi connectivity index (χ0) is 21.4. The second-order valence-electron chi connectivity index (χ2n) is 7.35. The molecule has 1 aromatic carbocycles. The van der Waals surface area contributed by atoms with E-state index in [9.17, 15) is 9.90 Å². The van der Waals surface area contributed by atoms with Gasteiger partial charge in [0.25, 0.3) is 5.97 Å². The number of carboxylic acids is 2. The molecule has 7 heteroatoms. The molecule has 1 saturated carbocycles. The van der Waals surface area contributed by atoms with Gasteiger partial charge in [0, 0.05) is 25.1 Å². The Morgan fingerprint density at radius 1 is 1.17 bits per heavy atom. The molecule has 29 heavy (non-hydrogen) atoms. The summed E-state index contributed by atoms with van der Waals surface area (Å²) in [6.07, 6.45) is 6.19. The van der Waals surface area contributed by atoms with Gasteiger partial charge in [-0.3, -0.25) is 4.79 Å². The molecule has 0 aromatic heterocycles. The molecule has 1 heterocycles. The molecule has 1 saturated heterocycles. The first-order valence-electron chi connectivity index (χ1n) is 10.1. The van der Waals surface area contributed by atoms with Gasteiger partial charge < -0.3 is 25.0 Å². The van der Waals surface area contributed by atoms with Crippen LogP contribution in [0, 0.1) is 0 Å². The summed E-state index contributed by atoms with van der Waals surface area (Å²) in [5.41, 5.74) is 2.50. The first-order chi connectivity index (χ1) is 13.8. The van der Waals surface area contributed by atoms with Crippen molar-refractivity contribution >= 4 is 11.9 Å². The van der Waals surface area contributed by atoms with Gasteiger partial charge in [-0.15, -0.1) is 0 Å². The quantitative estimate of drug-likeness (QED) is 0.616. The molecule has 3 N–H and O–H groups in total. The van der Waals surface area contributed by atoms with Crippen LogP contribution in [-0.2, 0) is 9.59 Å². The lowest BCUT2D eigenvalue weighted by molar-refractivity contribution is -0.134. The molecule has 1 aliphatic carbocycles. The fourth-order valence-corrected chi connectivity index (χ4v) is 3.82. The van der Waals surface area contributed by atoms with Crippen LogP contribution in [0.1, 0.15) is 63.9 Å². The van der Waals surface area contributed by atoms with Crippen LogP contribution in [0.25, 0.3) is 0 Å². The summed E-state index contributed by atoms with van der Waals surface area (Å²) in [5.74, 6) is 0.161. The summed E-state index contributed by atoms with van der Waals surface area (Å²) in [7, 11) is 1.66. The first kappa shape index (κ1) is 22.6. The maximum atomic E-state index is 11.4. The minimum atomic E-state index is -0.833. The maximum Gasteiger partial charge on any atom is 0.333 e. The van der Waals surface area contributed by atoms with Crippen molar-refractivity contribution in [3.63, 3.8) is 0 Å². The van der Waals surface area contributed by atoms with Crippen LogP contribution in [0.5, 0.6) is 11.5 Å². The Hall–Kier alpha value is -2.70. The lowest BCUT2D eigenvalue weighted by atomic mass is 9.95. The number of hydrogen-bond acceptors (Lipinski definition) is 5. The minimum absolute atomic E-state index is 0.257. The Bertz CT molecular complexity index is 748. The van der Waals surface area contributed by atoms with Crippen LogP contribution in [0.2, 0.25) is 0 Å². The maximum absolute atomic E-state index is 11.4. The number of hydrogen-bond donors (Lipinski definition) is 3. The summed E-state index contributed by atoms with van der Waals surface area (Å²) in [5, 5.41) is 20.0. The predicted molar refractivity (Wildman–Crippen MR) is 110 cm³/mol. The van der Waals surface area contributed by atoms with Crippen LogP contribution in [-0.4, -0.2) is 41.9 Å². The Balaban J connectivity index is 0.000000687. The number of rotatable bonds is 6. The van der Waals surface area contributed by atoms with E-state index in [0.29, 0.717) is 12.0 Å². The summed E-state index contributed by atoms with van der Waals surface area (Å²) < 4.78 is 11.6. The van der Waals surface area contributed by atoms with E-state index < -0.39 is 11.9 Å². The Kier molecular flexibility index (Phi) is 8.36. The van der Waals surface area contributed by atoms with Crippen molar-refractivity contribution in [2.75, 3.05) is 13.7 Å². The number of methoxy groups -OCH3 is 1. The molecule has 160 valence electrons. The third kappa shape index (κ3) is 6.41. The Labute approximate surface area is 171 Å². The average molecular weight is 405 g/mol. The van der Waals surface area contributed by atoms with E-state index in [-0.39, 0.29) is 12.0 Å². The van der Waals surface area contributed by atoms with Gasteiger partial charge in [0.2, 0.25) is 0 Å². The molecular weight excluding hydrogens is 374 g/mol. The van der Waals surface area contributed by atoms with Crippen molar-refractivity contribution in [1.29, 1.82) is 0 Å². The second-order valence-corrected chi connectivity index (χ2v) is 7.35. The largest absolute Gasteiger partial charge is 0.493 e. The fraction of sp³-hybridized carbons (Fsp3) is 0.545. The summed E-state index contributed by atoms with van der Waals surface area (Å²) in [6, 6.07) is 6.08. The topological polar surface area (TPSA) is 105 Å². The average Bonchev–Trinajstić information content (AvgIpc) is 3.34. The lowest BCUT2D eigenvalue weighted by Gasteiger charge is -2.18. The van der Waals surface area contributed by atoms with E-state index >= 15 is 0 Å². The van der Waals surface area contributed by atoms with Crippen molar-refractivity contribution in [3.05, 3.63) is 35.0 Å². The molecule has 0 radical (unpaired) electrons. The third-order valence-corrected chi connectivity index (χ3v) is 5.24. The number of benzene rings is 1. The SMILES string of the molecule is CC(=O)O.CCC(C(=O)O)=C1C[C@@H](c2ccc(OC)c(OC3CCCC3)c2)CN1. The molecule has 0 unspecified atom stereocenters. The van der Waals surface area contributed by atoms with E-state index in [1.807, 2.05) is 13.0 Å². The number of allylic oxidation sites excluding steroid dienone is 1. The van der Waals surface area contributed by atoms with E-state index in [1.165, 1.54) is 12.8 Å². The van der Waals surface area contributed by atoms with E-state index in [4.69, 9.17) is 19.4 Å². The standard InChI is InChI=1S/C20H27NO4.C2H4O2/c1-3-16(20(22)23)17-10-14(12-21-17)13-8-9-18(24-2)19(11-13)25-15-6-4-5-7-15;1-2(3)4/h8-9,11,14-15,21H,3-7,10,12H2,1-2H3,(H,22,23);1H3,(H,3,4)/t14-;/m1./s1. The zero-order valence-corrected chi connectivity index (χ0v) is 17.4. The smallest absolute Gasteiger partial charge is 0.333 e. The molecule has 7 nitrogen and oxygen atoms in total. The van der Waals surface area contributed by atoms with Crippen LogP contribution in [0.4, 0.5) is 0 Å². The molecule has 2 aliphatic rings. The lowest BCUT2D eigenvalue weighted by Crippen LogP contribution is -2.13. The van der Waals surface area contributed by atoms with Crippen LogP contribution < -0.4 is 14.8 Å². The molecule has 3 rings (SSSR count). The van der Waals surface area contributed by atoms with Gasteiger partial charge in [-0.05, 0) is 56.2 Å². The highest BCUT2D eigenvalue weighted by Crippen LogP contribution is 2.37. The molecule has 0 spiro atoms. The molecular formula is C22H31NO6. The van der Waals surface area contributed by atoms with Gasteiger partial charge in [-0.2, -0.15) is 0 Å². The first-order valence-corrected chi connectivity index (χ1v) is 10.1. The summed E-state index contributed by atoms with van der Waals surface area (Å²) in [6.45, 7) is 3.72. The highest BCUT2D eigenvalue weighted by atomic mass is 16.5. The fourth-order valence-electron chi connectivity index (χ4n) is 3.82. The highest BCUT2D eigenvalue weighted by molar-refractivity contribution is 5.87. The molecule has 2 fully saturated rings. The van der Waals surface area contributed by atoms with E-state index in [1.54, 1.807) is 7.11 Å². The Morgan fingerprint density at radius 3 is 2.38 bits per heavy atom. The van der Waals surface area contributed by atoms with Gasteiger partial charge in [0.15, 0.2) is 11.5 Å². The molecule has 0 bridgehead atoms. The minimum Gasteiger partial charge on any atom is -0.493 e. The molecule has 1 aromatic rings. The number of carbonyl (C=O) groups is 2. The van der Waals surface area contributed by atoms with E-state index in [0.717, 1.165) is 55.5 Å². The number of ether oxygens (including phenoxy) is 2. The van der Waals surface area contributed by atoms with E-state index in [2.05, 4.69) is 17.4 Å². The second kappa shape index (κ2) is 10.7. The van der Waals surface area contributed by atoms with Gasteiger partial charge in [0.1, 0.15) is 0 Å². The third-order valence-electron chi connectivity index (χ3n) is 5.24. The van der Waals surface area contributed by atoms with Crippen molar-refractivity contribution in [3.8, 4) is 11.5 Å². The number of aliphatic carboxylic acids is 2. The van der Waals surface area contributed by atoms with Gasteiger partial charge in [-0.25, -0.2) is 4.79 Å². The van der Waals surface area contributed by atoms with Gasteiger partial charge in [0.05, 0.1) is 18.8 Å². The highest BCUT2D eigenvalue weighted by Gasteiger charge is 2.26. The predicted octanol–water partition coefficient (Wildman–Crippen LogP) is 3.93. The summed E-state index contributed by atoms with van der Waals surface area (Å²) in [4.78, 5) is 20.4. The number of nitrogens with one attached hydrogen (secondary N) is 1. The summed E-state index contributed by atoms with van der Waals surface area (Å²) >= 11 is 0. The van der Waals surface area contributed by atoms with Crippen LogP contribution in [0.15, 0.2) is 29.5 Å². The van der Waals surface area contributed by atoms with Crippen molar-refractivity contribution in [2.45, 2.75) is 64.4 Å². The van der Waals surface area contributed by atoms with Crippen LogP contribution >= 0.6 is 0 Å². The Morgan fingerprint density at radius 2 is 1.83 bits per heavy atom. The normalized spacial score (nSPS) is 20.3. The van der Waals surface area contributed by atoms with Crippen molar-refractivity contribution in [1.82, 2.24) is 5.32 Å². The van der Waals surface area contributed by atoms with Crippen molar-refractivity contribution < 1.29 is 29.3 Å². The number of carboxylic acid groups (broad SMARTS) is 2. The monoisotopic (exact) mass is 405 g/mol. The van der Waals surface area contributed by atoms with Gasteiger partial charge >= 0.3 is 5.97 Å². The van der Waals surface area contributed by atoms with Crippen LogP contribution in [0.3, 0.4) is 0 Å². The zero-order valence-electron chi connectivity index (χ0n) is 17.4. The van der Waals surface area contributed by atoms with Crippen molar-refractivity contribution in [2.24, 2.45) is 0 Å². The molecule has 1 atom stereocenters.